The molecule has 82 valence electrons. The SMILES string of the molecule is O=C(O)c1cccc(Cc2c[nH]cn2)c1O. The number of para-hydroxylation sites is 1. The molecule has 1 aromatic heterocycles. The normalized spacial score (nSPS) is 10.2. The van der Waals surface area contributed by atoms with E-state index in [1.807, 2.05) is 0 Å². The number of nitrogens with zero attached hydrogens (tertiary/aromatic N) is 1. The van der Waals surface area contributed by atoms with Crippen LogP contribution in [0.15, 0.2) is 30.7 Å². The highest BCUT2D eigenvalue weighted by molar-refractivity contribution is 5.91. The third-order valence-corrected chi connectivity index (χ3v) is 2.28. The minimum absolute atomic E-state index is 0.0898. The molecule has 0 radical (unpaired) electrons. The Morgan fingerprint density at radius 3 is 2.88 bits per heavy atom. The van der Waals surface area contributed by atoms with E-state index in [-0.39, 0.29) is 11.3 Å². The Morgan fingerprint density at radius 1 is 1.44 bits per heavy atom. The summed E-state index contributed by atoms with van der Waals surface area (Å²) in [6.07, 6.45) is 3.64. The van der Waals surface area contributed by atoms with Gasteiger partial charge in [-0.3, -0.25) is 0 Å². The highest BCUT2D eigenvalue weighted by atomic mass is 16.4. The van der Waals surface area contributed by atoms with Crippen LogP contribution in [0.25, 0.3) is 0 Å². The van der Waals surface area contributed by atoms with Gasteiger partial charge in [-0.15, -0.1) is 0 Å². The Morgan fingerprint density at radius 2 is 2.25 bits per heavy atom. The monoisotopic (exact) mass is 218 g/mol. The van der Waals surface area contributed by atoms with Crippen molar-refractivity contribution in [2.45, 2.75) is 6.42 Å². The fourth-order valence-electron chi connectivity index (χ4n) is 1.49. The Hall–Kier alpha value is -2.30. The van der Waals surface area contributed by atoms with E-state index in [0.29, 0.717) is 12.0 Å². The summed E-state index contributed by atoms with van der Waals surface area (Å²) in [5.41, 5.74) is 1.21. The van der Waals surface area contributed by atoms with Crippen LogP contribution >= 0.6 is 0 Å². The highest BCUT2D eigenvalue weighted by Gasteiger charge is 2.13. The largest absolute Gasteiger partial charge is 0.507 e. The van der Waals surface area contributed by atoms with Crippen LogP contribution in [0, 0.1) is 0 Å². The number of aromatic carboxylic acids is 1. The van der Waals surface area contributed by atoms with E-state index in [0.717, 1.165) is 5.69 Å². The molecule has 0 saturated heterocycles. The molecule has 3 N–H and O–H groups in total. The first-order chi connectivity index (χ1) is 7.68. The van der Waals surface area contributed by atoms with Crippen molar-refractivity contribution in [2.75, 3.05) is 0 Å². The average Bonchev–Trinajstić information content (AvgIpc) is 2.73. The van der Waals surface area contributed by atoms with Gasteiger partial charge in [-0.25, -0.2) is 9.78 Å². The van der Waals surface area contributed by atoms with Crippen LogP contribution in [0.4, 0.5) is 0 Å². The zero-order valence-corrected chi connectivity index (χ0v) is 8.34. The Kier molecular flexibility index (Phi) is 2.59. The molecule has 1 heterocycles. The molecule has 1 aromatic carbocycles. The number of phenols is 1. The van der Waals surface area contributed by atoms with Crippen molar-refractivity contribution in [1.29, 1.82) is 0 Å². The first-order valence-corrected chi connectivity index (χ1v) is 4.70. The summed E-state index contributed by atoms with van der Waals surface area (Å²) in [7, 11) is 0. The van der Waals surface area contributed by atoms with Crippen molar-refractivity contribution in [3.8, 4) is 5.75 Å². The molecule has 2 rings (SSSR count). The second kappa shape index (κ2) is 4.06. The molecular formula is C11H10N2O3. The molecule has 2 aromatic rings. The Bertz CT molecular complexity index is 506. The third kappa shape index (κ3) is 1.88. The first kappa shape index (κ1) is 10.2. The smallest absolute Gasteiger partial charge is 0.339 e. The van der Waals surface area contributed by atoms with E-state index in [1.165, 1.54) is 12.4 Å². The summed E-state index contributed by atoms with van der Waals surface area (Å²) >= 11 is 0. The molecule has 0 spiro atoms. The number of imidazole rings is 1. The second-order valence-corrected chi connectivity index (χ2v) is 3.36. The molecule has 0 aliphatic rings. The van der Waals surface area contributed by atoms with Crippen LogP contribution in [0.1, 0.15) is 21.6 Å². The molecule has 5 nitrogen and oxygen atoms in total. The molecular weight excluding hydrogens is 208 g/mol. The Balaban J connectivity index is 2.35. The molecule has 0 aliphatic heterocycles. The molecule has 0 amide bonds. The van der Waals surface area contributed by atoms with Crippen LogP contribution in [-0.4, -0.2) is 26.2 Å². The van der Waals surface area contributed by atoms with E-state index in [9.17, 15) is 9.90 Å². The van der Waals surface area contributed by atoms with Crippen molar-refractivity contribution < 1.29 is 15.0 Å². The number of hydrogen-bond donors (Lipinski definition) is 3. The number of aromatic hydroxyl groups is 1. The van der Waals surface area contributed by atoms with Gasteiger partial charge in [0.2, 0.25) is 0 Å². The number of aromatic amines is 1. The van der Waals surface area contributed by atoms with Gasteiger partial charge in [0.25, 0.3) is 0 Å². The number of carbonyl (C=O) groups is 1. The second-order valence-electron chi connectivity index (χ2n) is 3.36. The van der Waals surface area contributed by atoms with Crippen molar-refractivity contribution in [3.63, 3.8) is 0 Å². The number of hydrogen-bond acceptors (Lipinski definition) is 3. The lowest BCUT2D eigenvalue weighted by Crippen LogP contribution is -1.99. The number of carboxylic acids is 1. The fourth-order valence-corrected chi connectivity index (χ4v) is 1.49. The van der Waals surface area contributed by atoms with Crippen LogP contribution < -0.4 is 0 Å². The van der Waals surface area contributed by atoms with E-state index >= 15 is 0 Å². The van der Waals surface area contributed by atoms with Crippen molar-refractivity contribution in [1.82, 2.24) is 9.97 Å². The molecule has 0 saturated carbocycles. The lowest BCUT2D eigenvalue weighted by atomic mass is 10.0. The van der Waals surface area contributed by atoms with Crippen LogP contribution in [-0.2, 0) is 6.42 Å². The van der Waals surface area contributed by atoms with Crippen LogP contribution in [0.5, 0.6) is 5.75 Å². The molecule has 5 heteroatoms. The summed E-state index contributed by atoms with van der Waals surface area (Å²) in [5, 5.41) is 18.6. The van der Waals surface area contributed by atoms with Gasteiger partial charge >= 0.3 is 5.97 Å². The average molecular weight is 218 g/mol. The maximum atomic E-state index is 10.8. The number of aromatic nitrogens is 2. The predicted octanol–water partition coefficient (Wildman–Crippen LogP) is 1.40. The fraction of sp³-hybridized carbons (Fsp3) is 0.0909. The van der Waals surface area contributed by atoms with E-state index < -0.39 is 5.97 Å². The zero-order chi connectivity index (χ0) is 11.5. The molecule has 0 fully saturated rings. The number of benzene rings is 1. The predicted molar refractivity (Wildman–Crippen MR) is 56.5 cm³/mol. The van der Waals surface area contributed by atoms with Crippen LogP contribution in [0.3, 0.4) is 0 Å². The lowest BCUT2D eigenvalue weighted by Gasteiger charge is -2.05. The third-order valence-electron chi connectivity index (χ3n) is 2.28. The highest BCUT2D eigenvalue weighted by Crippen LogP contribution is 2.24. The summed E-state index contributed by atoms with van der Waals surface area (Å²) in [6.45, 7) is 0. The summed E-state index contributed by atoms with van der Waals surface area (Å²) < 4.78 is 0. The van der Waals surface area contributed by atoms with Gasteiger partial charge in [0.05, 0.1) is 12.0 Å². The van der Waals surface area contributed by atoms with Crippen molar-refractivity contribution >= 4 is 5.97 Å². The lowest BCUT2D eigenvalue weighted by molar-refractivity contribution is 0.0693. The van der Waals surface area contributed by atoms with Crippen molar-refractivity contribution in [3.05, 3.63) is 47.5 Å². The molecule has 0 atom stereocenters. The van der Waals surface area contributed by atoms with Gasteiger partial charge in [0.15, 0.2) is 0 Å². The Labute approximate surface area is 91.4 Å². The summed E-state index contributed by atoms with van der Waals surface area (Å²) in [5.74, 6) is -1.33. The standard InChI is InChI=1S/C11H10N2O3/c14-10-7(4-8-5-12-6-13-8)2-1-3-9(10)11(15)16/h1-3,5-6,14H,4H2,(H,12,13)(H,15,16). The quantitative estimate of drug-likeness (QED) is 0.726. The van der Waals surface area contributed by atoms with E-state index in [2.05, 4.69) is 9.97 Å². The van der Waals surface area contributed by atoms with Crippen LogP contribution in [0.2, 0.25) is 0 Å². The van der Waals surface area contributed by atoms with Crippen molar-refractivity contribution in [2.24, 2.45) is 0 Å². The topological polar surface area (TPSA) is 86.2 Å². The summed E-state index contributed by atoms with van der Waals surface area (Å²) in [6, 6.07) is 4.65. The maximum Gasteiger partial charge on any atom is 0.339 e. The molecule has 0 aliphatic carbocycles. The first-order valence-electron chi connectivity index (χ1n) is 4.70. The summed E-state index contributed by atoms with van der Waals surface area (Å²) in [4.78, 5) is 17.6. The van der Waals surface area contributed by atoms with E-state index in [1.54, 1.807) is 18.3 Å². The number of rotatable bonds is 3. The number of carboxylic acid groups (broad SMARTS) is 1. The van der Waals surface area contributed by atoms with Gasteiger partial charge in [0.1, 0.15) is 11.3 Å². The maximum absolute atomic E-state index is 10.8. The van der Waals surface area contributed by atoms with E-state index in [4.69, 9.17) is 5.11 Å². The number of nitrogens with one attached hydrogen (secondary N) is 1. The molecule has 0 unspecified atom stereocenters. The number of H-pyrrole nitrogens is 1. The minimum atomic E-state index is -1.14. The molecule has 16 heavy (non-hydrogen) atoms. The zero-order valence-electron chi connectivity index (χ0n) is 8.34. The van der Waals surface area contributed by atoms with Gasteiger partial charge in [0, 0.05) is 18.2 Å². The molecule has 0 bridgehead atoms. The van der Waals surface area contributed by atoms with Gasteiger partial charge in [-0.2, -0.15) is 0 Å². The van der Waals surface area contributed by atoms with Gasteiger partial charge < -0.3 is 15.2 Å². The van der Waals surface area contributed by atoms with Gasteiger partial charge in [-0.1, -0.05) is 12.1 Å². The van der Waals surface area contributed by atoms with Gasteiger partial charge in [-0.05, 0) is 6.07 Å². The minimum Gasteiger partial charge on any atom is -0.507 e.